The van der Waals surface area contributed by atoms with E-state index in [-0.39, 0.29) is 22.8 Å². The number of rotatable bonds is 6. The number of likely N-dealkylation sites (N-methyl/N-ethyl adjacent to an activating group) is 1. The van der Waals surface area contributed by atoms with Crippen LogP contribution in [-0.2, 0) is 12.7 Å². The van der Waals surface area contributed by atoms with Gasteiger partial charge in [0.1, 0.15) is 0 Å². The molecule has 3 aromatic heterocycles. The number of piperazine rings is 1. The fourth-order valence-electron chi connectivity index (χ4n) is 4.37. The maximum absolute atomic E-state index is 13.9. The largest absolute Gasteiger partial charge is 0.481 e. The predicted octanol–water partition coefficient (Wildman–Crippen LogP) is 4.00. The monoisotopic (exact) mass is 569 g/mol. The van der Waals surface area contributed by atoms with E-state index in [4.69, 9.17) is 4.74 Å². The van der Waals surface area contributed by atoms with Crippen LogP contribution in [0.25, 0.3) is 5.65 Å². The summed E-state index contributed by atoms with van der Waals surface area (Å²) in [7, 11) is 1.52. The van der Waals surface area contributed by atoms with Crippen molar-refractivity contribution in [3.05, 3.63) is 70.0 Å². The Morgan fingerprint density at radius 3 is 2.62 bits per heavy atom. The van der Waals surface area contributed by atoms with Crippen LogP contribution in [0.2, 0.25) is 0 Å². The minimum atomic E-state index is -4.59. The Labute approximate surface area is 232 Å². The fourth-order valence-corrected chi connectivity index (χ4v) is 5.03. The van der Waals surface area contributed by atoms with Gasteiger partial charge in [0.05, 0.1) is 35.5 Å². The number of amides is 1. The van der Waals surface area contributed by atoms with Gasteiger partial charge in [0.25, 0.3) is 5.91 Å². The van der Waals surface area contributed by atoms with Gasteiger partial charge in [0, 0.05) is 50.6 Å². The summed E-state index contributed by atoms with van der Waals surface area (Å²) < 4.78 is 48.5. The highest BCUT2D eigenvalue weighted by Crippen LogP contribution is 2.34. The lowest BCUT2D eigenvalue weighted by Gasteiger charge is -2.34. The third-order valence-electron chi connectivity index (χ3n) is 6.58. The second kappa shape index (κ2) is 11.6. The predicted molar refractivity (Wildman–Crippen MR) is 144 cm³/mol. The molecule has 1 aliphatic rings. The number of aromatic nitrogens is 4. The Kier molecular flexibility index (Phi) is 8.02. The minimum Gasteiger partial charge on any atom is -0.481 e. The first-order valence-corrected chi connectivity index (χ1v) is 13.4. The molecule has 1 aliphatic heterocycles. The van der Waals surface area contributed by atoms with Crippen LogP contribution in [0.1, 0.15) is 38.8 Å². The van der Waals surface area contributed by atoms with Gasteiger partial charge < -0.3 is 9.64 Å². The molecular weight excluding hydrogens is 543 g/mol. The highest BCUT2D eigenvalue weighted by Gasteiger charge is 2.34. The number of ether oxygens (including phenoxy) is 1. The number of carbonyl (C=O) groups is 1. The van der Waals surface area contributed by atoms with Crippen molar-refractivity contribution in [3.63, 3.8) is 0 Å². The van der Waals surface area contributed by atoms with E-state index < -0.39 is 17.6 Å². The summed E-state index contributed by atoms with van der Waals surface area (Å²) in [5.74, 6) is 5.68. The van der Waals surface area contributed by atoms with Crippen LogP contribution in [-0.4, -0.2) is 75.1 Å². The average molecular weight is 570 g/mol. The maximum Gasteiger partial charge on any atom is 0.416 e. The highest BCUT2D eigenvalue weighted by atomic mass is 32.1. The van der Waals surface area contributed by atoms with Crippen LogP contribution in [0.15, 0.2) is 42.9 Å². The number of methoxy groups -OCH3 is 1. The molecule has 208 valence electrons. The lowest BCUT2D eigenvalue weighted by molar-refractivity contribution is -0.138. The Hall–Kier alpha value is -3.99. The molecule has 1 N–H and O–H groups in total. The molecule has 5 rings (SSSR count). The van der Waals surface area contributed by atoms with E-state index in [9.17, 15) is 18.0 Å². The molecule has 4 aromatic rings. The zero-order valence-corrected chi connectivity index (χ0v) is 22.6. The van der Waals surface area contributed by atoms with Crippen LogP contribution in [0.5, 0.6) is 5.88 Å². The van der Waals surface area contributed by atoms with Crippen molar-refractivity contribution in [2.24, 2.45) is 0 Å². The zero-order valence-electron chi connectivity index (χ0n) is 21.8. The lowest BCUT2D eigenvalue weighted by Crippen LogP contribution is -2.45. The Morgan fingerprint density at radius 1 is 1.12 bits per heavy atom. The molecule has 1 fully saturated rings. The van der Waals surface area contributed by atoms with Crippen LogP contribution in [0.3, 0.4) is 0 Å². The van der Waals surface area contributed by atoms with Gasteiger partial charge in [-0.2, -0.15) is 23.3 Å². The van der Waals surface area contributed by atoms with Gasteiger partial charge in [-0.15, -0.1) is 0 Å². The standard InChI is InChI=1S/C27H26F3N7O2S/c1-3-35-10-12-36(13-11-35)17-20-5-4-18(14-22(20)27(28,29)30)25(38)34-26-31-16-21(40-26)7-6-19-15-32-37-9-8-23(39-2)33-24(19)37/h4-5,8-9,14-16H,3,10-13,17H2,1-2H3,(H,31,34,38). The van der Waals surface area contributed by atoms with Gasteiger partial charge >= 0.3 is 6.18 Å². The maximum atomic E-state index is 13.9. The molecule has 0 spiro atoms. The van der Waals surface area contributed by atoms with Crippen molar-refractivity contribution in [3.8, 4) is 17.7 Å². The summed E-state index contributed by atoms with van der Waals surface area (Å²) in [6.45, 7) is 6.22. The fraction of sp³-hybridized carbons (Fsp3) is 0.333. The third kappa shape index (κ3) is 6.25. The number of benzene rings is 1. The van der Waals surface area contributed by atoms with E-state index in [0.717, 1.165) is 37.0 Å². The normalized spacial score (nSPS) is 14.6. The molecule has 0 atom stereocenters. The zero-order chi connectivity index (χ0) is 28.3. The van der Waals surface area contributed by atoms with Gasteiger partial charge in [-0.05, 0) is 30.2 Å². The molecule has 40 heavy (non-hydrogen) atoms. The second-order valence-electron chi connectivity index (χ2n) is 9.11. The number of thiazole rings is 1. The number of anilines is 1. The van der Waals surface area contributed by atoms with Gasteiger partial charge in [0.15, 0.2) is 10.8 Å². The molecule has 1 saturated heterocycles. The summed E-state index contributed by atoms with van der Waals surface area (Å²) in [6, 6.07) is 5.40. The van der Waals surface area contributed by atoms with E-state index in [2.05, 4.69) is 44.0 Å². The summed E-state index contributed by atoms with van der Waals surface area (Å²) in [5.41, 5.74) is 0.353. The average Bonchev–Trinajstić information content (AvgIpc) is 3.57. The molecular formula is C27H26F3N7O2S. The van der Waals surface area contributed by atoms with Gasteiger partial charge in [0.2, 0.25) is 5.88 Å². The highest BCUT2D eigenvalue weighted by molar-refractivity contribution is 7.16. The molecule has 13 heteroatoms. The summed E-state index contributed by atoms with van der Waals surface area (Å²) in [5, 5.41) is 7.00. The molecule has 9 nitrogen and oxygen atoms in total. The number of carbonyl (C=O) groups excluding carboxylic acids is 1. The molecule has 4 heterocycles. The number of hydrogen-bond acceptors (Lipinski definition) is 8. The van der Waals surface area contributed by atoms with Gasteiger partial charge in [-0.25, -0.2) is 9.50 Å². The van der Waals surface area contributed by atoms with E-state index >= 15 is 0 Å². The van der Waals surface area contributed by atoms with Gasteiger partial charge in [-0.1, -0.05) is 30.2 Å². The number of alkyl halides is 3. The molecule has 0 radical (unpaired) electrons. The molecule has 0 unspecified atom stereocenters. The molecule has 1 amide bonds. The van der Waals surface area contributed by atoms with Crippen molar-refractivity contribution in [2.75, 3.05) is 45.2 Å². The van der Waals surface area contributed by atoms with Crippen molar-refractivity contribution in [1.29, 1.82) is 0 Å². The first-order chi connectivity index (χ1) is 19.2. The number of fused-ring (bicyclic) bond motifs is 1. The Morgan fingerprint density at radius 2 is 1.90 bits per heavy atom. The smallest absolute Gasteiger partial charge is 0.416 e. The van der Waals surface area contributed by atoms with Crippen molar-refractivity contribution in [2.45, 2.75) is 19.6 Å². The van der Waals surface area contributed by atoms with Crippen LogP contribution in [0, 0.1) is 11.8 Å². The van der Waals surface area contributed by atoms with Crippen molar-refractivity contribution < 1.29 is 22.7 Å². The van der Waals surface area contributed by atoms with Crippen molar-refractivity contribution >= 4 is 28.0 Å². The SMILES string of the molecule is CCN1CCN(Cc2ccc(C(=O)Nc3ncc(C#Cc4cnn5ccc(OC)nc45)s3)cc2C(F)(F)F)CC1. The number of nitrogens with zero attached hydrogens (tertiary/aromatic N) is 6. The number of halogens is 3. The Bertz CT molecular complexity index is 1580. The van der Waals surface area contributed by atoms with Gasteiger partial charge in [-0.3, -0.25) is 15.0 Å². The lowest BCUT2D eigenvalue weighted by atomic mass is 10.0. The third-order valence-corrected chi connectivity index (χ3v) is 7.41. The van der Waals surface area contributed by atoms with E-state index in [0.29, 0.717) is 35.1 Å². The van der Waals surface area contributed by atoms with E-state index in [1.54, 1.807) is 23.0 Å². The van der Waals surface area contributed by atoms with Crippen molar-refractivity contribution in [1.82, 2.24) is 29.4 Å². The molecule has 0 saturated carbocycles. The van der Waals surface area contributed by atoms with Crippen LogP contribution < -0.4 is 10.1 Å². The molecule has 0 aliphatic carbocycles. The molecule has 0 bridgehead atoms. The Balaban J connectivity index is 1.28. The quantitative estimate of drug-likeness (QED) is 0.351. The summed E-state index contributed by atoms with van der Waals surface area (Å²) in [6.07, 6.45) is 0.176. The molecule has 1 aromatic carbocycles. The second-order valence-corrected chi connectivity index (χ2v) is 10.1. The van der Waals surface area contributed by atoms with Crippen LogP contribution in [0.4, 0.5) is 18.3 Å². The summed E-state index contributed by atoms with van der Waals surface area (Å²) in [4.78, 5) is 26.1. The van der Waals surface area contributed by atoms with E-state index in [1.165, 1.54) is 25.4 Å². The first-order valence-electron chi connectivity index (χ1n) is 12.6. The number of hydrogen-bond donors (Lipinski definition) is 1. The minimum absolute atomic E-state index is 0.0962. The van der Waals surface area contributed by atoms with E-state index in [1.807, 2.05) is 4.90 Å². The number of nitrogens with one attached hydrogen (secondary N) is 1. The topological polar surface area (TPSA) is 87.9 Å². The summed E-state index contributed by atoms with van der Waals surface area (Å²) >= 11 is 1.11. The van der Waals surface area contributed by atoms with Crippen LogP contribution >= 0.6 is 11.3 Å². The first kappa shape index (κ1) is 27.6.